The number of unbranched alkanes of at least 4 members (excludes halogenated alkanes) is 1. The van der Waals surface area contributed by atoms with E-state index in [4.69, 9.17) is 17.2 Å². The molecule has 0 aliphatic rings. The molecule has 12 nitrogen and oxygen atoms in total. The maximum atomic E-state index is 12.9. The van der Waals surface area contributed by atoms with Crippen LogP contribution in [-0.2, 0) is 24.0 Å². The number of aliphatic carboxylic acids is 1. The van der Waals surface area contributed by atoms with Gasteiger partial charge >= 0.3 is 5.97 Å². The number of carboxylic acids is 1. The van der Waals surface area contributed by atoms with Crippen molar-refractivity contribution in [2.75, 3.05) is 18.6 Å². The molecule has 0 saturated heterocycles. The summed E-state index contributed by atoms with van der Waals surface area (Å²) >= 11 is 1.45. The van der Waals surface area contributed by atoms with Crippen molar-refractivity contribution in [3.63, 3.8) is 0 Å². The maximum Gasteiger partial charge on any atom is 0.326 e. The molecule has 0 heterocycles. The van der Waals surface area contributed by atoms with Gasteiger partial charge in [-0.3, -0.25) is 19.2 Å². The monoisotopic (exact) mass is 490 g/mol. The molecule has 0 aliphatic heterocycles. The molecule has 4 atom stereocenters. The first kappa shape index (κ1) is 30.6. The first-order valence-electron chi connectivity index (χ1n) is 10.8. The zero-order valence-corrected chi connectivity index (χ0v) is 20.3. The van der Waals surface area contributed by atoms with Gasteiger partial charge in [0, 0.05) is 0 Å². The minimum absolute atomic E-state index is 0.230. The van der Waals surface area contributed by atoms with Crippen LogP contribution < -0.4 is 33.2 Å². The van der Waals surface area contributed by atoms with Crippen LogP contribution in [0.4, 0.5) is 0 Å². The molecule has 190 valence electrons. The molecule has 0 rings (SSSR count). The van der Waals surface area contributed by atoms with Crippen LogP contribution in [0.2, 0.25) is 0 Å². The van der Waals surface area contributed by atoms with E-state index in [9.17, 15) is 29.1 Å². The average molecular weight is 491 g/mol. The van der Waals surface area contributed by atoms with E-state index >= 15 is 0 Å². The molecule has 10 N–H and O–H groups in total. The third-order valence-corrected chi connectivity index (χ3v) is 5.45. The Kier molecular flexibility index (Phi) is 15.1. The highest BCUT2D eigenvalue weighted by Gasteiger charge is 2.31. The highest BCUT2D eigenvalue weighted by atomic mass is 32.2. The normalized spacial score (nSPS) is 14.6. The van der Waals surface area contributed by atoms with Crippen LogP contribution in [0, 0.1) is 5.92 Å². The fourth-order valence-corrected chi connectivity index (χ4v) is 3.36. The molecule has 33 heavy (non-hydrogen) atoms. The van der Waals surface area contributed by atoms with E-state index in [-0.39, 0.29) is 25.2 Å². The van der Waals surface area contributed by atoms with Crippen molar-refractivity contribution >= 4 is 41.4 Å². The second kappa shape index (κ2) is 16.3. The predicted octanol–water partition coefficient (Wildman–Crippen LogP) is -1.73. The smallest absolute Gasteiger partial charge is 0.326 e. The van der Waals surface area contributed by atoms with Crippen LogP contribution in [0.1, 0.15) is 46.0 Å². The van der Waals surface area contributed by atoms with Crippen molar-refractivity contribution < 1.29 is 29.1 Å². The Morgan fingerprint density at radius 2 is 1.52 bits per heavy atom. The van der Waals surface area contributed by atoms with Gasteiger partial charge in [-0.2, -0.15) is 11.8 Å². The maximum absolute atomic E-state index is 12.9. The number of nitrogens with one attached hydrogen (secondary N) is 3. The van der Waals surface area contributed by atoms with Gasteiger partial charge in [0.05, 0.1) is 12.5 Å². The summed E-state index contributed by atoms with van der Waals surface area (Å²) in [6, 6.07) is -4.36. The number of amides is 4. The number of nitrogens with two attached hydrogens (primary N) is 3. The second-order valence-electron chi connectivity index (χ2n) is 8.03. The average Bonchev–Trinajstić information content (AvgIpc) is 2.72. The number of carbonyl (C=O) groups excluding carboxylic acids is 4. The van der Waals surface area contributed by atoms with Gasteiger partial charge in [0.25, 0.3) is 0 Å². The summed E-state index contributed by atoms with van der Waals surface area (Å²) in [5.74, 6) is -3.74. The molecule has 0 bridgehead atoms. The van der Waals surface area contributed by atoms with E-state index in [2.05, 4.69) is 16.0 Å². The zero-order chi connectivity index (χ0) is 25.6. The lowest BCUT2D eigenvalue weighted by molar-refractivity contribution is -0.142. The number of hydrogen-bond acceptors (Lipinski definition) is 8. The molecule has 0 aromatic rings. The summed E-state index contributed by atoms with van der Waals surface area (Å²) in [7, 11) is 0. The zero-order valence-electron chi connectivity index (χ0n) is 19.5. The highest BCUT2D eigenvalue weighted by Crippen LogP contribution is 2.08. The third kappa shape index (κ3) is 12.4. The van der Waals surface area contributed by atoms with Crippen LogP contribution in [0.25, 0.3) is 0 Å². The topological polar surface area (TPSA) is 220 Å². The lowest BCUT2D eigenvalue weighted by atomic mass is 10.0. The first-order chi connectivity index (χ1) is 15.4. The van der Waals surface area contributed by atoms with Gasteiger partial charge in [0.1, 0.15) is 18.1 Å². The summed E-state index contributed by atoms with van der Waals surface area (Å²) in [5.41, 5.74) is 16.2. The van der Waals surface area contributed by atoms with E-state index in [0.29, 0.717) is 25.1 Å². The Labute approximate surface area is 198 Å². The van der Waals surface area contributed by atoms with Gasteiger partial charge in [-0.15, -0.1) is 0 Å². The largest absolute Gasteiger partial charge is 0.480 e. The summed E-state index contributed by atoms with van der Waals surface area (Å²) in [6.07, 6.45) is 3.05. The lowest BCUT2D eigenvalue weighted by Crippen LogP contribution is -2.58. The van der Waals surface area contributed by atoms with Crippen LogP contribution in [0.3, 0.4) is 0 Å². The fourth-order valence-electron chi connectivity index (χ4n) is 2.89. The quantitative estimate of drug-likeness (QED) is 0.115. The van der Waals surface area contributed by atoms with Gasteiger partial charge in [-0.1, -0.05) is 13.8 Å². The van der Waals surface area contributed by atoms with Gasteiger partial charge in [-0.25, -0.2) is 4.79 Å². The van der Waals surface area contributed by atoms with Crippen LogP contribution in [0.5, 0.6) is 0 Å². The Morgan fingerprint density at radius 1 is 0.909 bits per heavy atom. The van der Waals surface area contributed by atoms with E-state index in [1.807, 2.05) is 6.26 Å². The molecular weight excluding hydrogens is 452 g/mol. The Morgan fingerprint density at radius 3 is 2.00 bits per heavy atom. The summed E-state index contributed by atoms with van der Waals surface area (Å²) in [6.45, 7) is 3.78. The number of hydrogen-bond donors (Lipinski definition) is 7. The molecular formula is C20H38N6O6S. The van der Waals surface area contributed by atoms with Crippen molar-refractivity contribution in [2.24, 2.45) is 23.1 Å². The molecule has 4 unspecified atom stereocenters. The number of carbonyl (C=O) groups is 5. The van der Waals surface area contributed by atoms with Crippen LogP contribution in [-0.4, -0.2) is 77.4 Å². The van der Waals surface area contributed by atoms with Crippen molar-refractivity contribution in [1.29, 1.82) is 0 Å². The lowest BCUT2D eigenvalue weighted by Gasteiger charge is -2.27. The number of carboxylic acid groups (broad SMARTS) is 1. The van der Waals surface area contributed by atoms with Gasteiger partial charge in [-0.05, 0) is 50.2 Å². The van der Waals surface area contributed by atoms with Crippen molar-refractivity contribution in [1.82, 2.24) is 16.0 Å². The molecule has 0 fully saturated rings. The van der Waals surface area contributed by atoms with Gasteiger partial charge in [0.2, 0.25) is 23.6 Å². The SMILES string of the molecule is CSCCC(NC(=O)C(CCCCN)NC(=O)C(NC(=O)C(N)CC(N)=O)C(C)C)C(=O)O. The second-order valence-corrected chi connectivity index (χ2v) is 9.02. The van der Waals surface area contributed by atoms with Gasteiger partial charge in [0.15, 0.2) is 0 Å². The van der Waals surface area contributed by atoms with E-state index in [0.717, 1.165) is 0 Å². The number of thioether (sulfide) groups is 1. The van der Waals surface area contributed by atoms with Crippen molar-refractivity contribution in [2.45, 2.75) is 70.1 Å². The summed E-state index contributed by atoms with van der Waals surface area (Å²) in [4.78, 5) is 60.5. The number of primary amides is 1. The molecule has 13 heteroatoms. The minimum atomic E-state index is -1.21. The van der Waals surface area contributed by atoms with Crippen molar-refractivity contribution in [3.05, 3.63) is 0 Å². The molecule has 0 saturated carbocycles. The minimum Gasteiger partial charge on any atom is -0.480 e. The third-order valence-electron chi connectivity index (χ3n) is 4.81. The summed E-state index contributed by atoms with van der Waals surface area (Å²) in [5, 5.41) is 16.9. The van der Waals surface area contributed by atoms with E-state index in [1.54, 1.807) is 13.8 Å². The molecule has 0 radical (unpaired) electrons. The first-order valence-corrected chi connectivity index (χ1v) is 12.2. The Balaban J connectivity index is 5.41. The Hall–Kier alpha value is -2.38. The molecule has 0 aromatic carbocycles. The van der Waals surface area contributed by atoms with Crippen LogP contribution in [0.15, 0.2) is 0 Å². The van der Waals surface area contributed by atoms with E-state index in [1.165, 1.54) is 11.8 Å². The van der Waals surface area contributed by atoms with Crippen molar-refractivity contribution in [3.8, 4) is 0 Å². The number of rotatable bonds is 17. The molecule has 0 aromatic heterocycles. The molecule has 0 spiro atoms. The van der Waals surface area contributed by atoms with Gasteiger partial charge < -0.3 is 38.3 Å². The molecule has 0 aliphatic carbocycles. The molecule has 4 amide bonds. The summed E-state index contributed by atoms with van der Waals surface area (Å²) < 4.78 is 0. The predicted molar refractivity (Wildman–Crippen MR) is 126 cm³/mol. The fraction of sp³-hybridized carbons (Fsp3) is 0.750. The highest BCUT2D eigenvalue weighted by molar-refractivity contribution is 7.98. The standard InChI is InChI=1S/C20H38N6O6S/c1-11(2)16(26-17(28)12(22)10-15(23)27)19(30)24-13(6-4-5-8-21)18(29)25-14(20(31)32)7-9-33-3/h11-14,16H,4-10,21-22H2,1-3H3,(H2,23,27)(H,24,30)(H,25,29)(H,26,28)(H,31,32). The Bertz CT molecular complexity index is 677. The van der Waals surface area contributed by atoms with Crippen LogP contribution >= 0.6 is 11.8 Å². The van der Waals surface area contributed by atoms with E-state index < -0.39 is 53.8 Å².